The third-order valence-electron chi connectivity index (χ3n) is 6.96. The summed E-state index contributed by atoms with van der Waals surface area (Å²) in [5.74, 6) is 1.58. The fraction of sp³-hybridized carbons (Fsp3) is 0.538. The summed E-state index contributed by atoms with van der Waals surface area (Å²) < 4.78 is 17.4. The molecule has 2 aliphatic rings. The maximum Gasteiger partial charge on any atom is 0.161 e. The molecule has 2 aliphatic heterocycles. The Morgan fingerprint density at radius 3 is 2.52 bits per heavy atom. The lowest BCUT2D eigenvalue weighted by atomic mass is 9.84. The number of methoxy groups -OCH3 is 2. The zero-order valence-electron chi connectivity index (χ0n) is 19.4. The predicted octanol–water partition coefficient (Wildman–Crippen LogP) is 4.48. The van der Waals surface area contributed by atoms with Crippen LogP contribution in [-0.4, -0.2) is 57.9 Å². The molecule has 0 aromatic heterocycles. The fourth-order valence-electron chi connectivity index (χ4n) is 5.11. The summed E-state index contributed by atoms with van der Waals surface area (Å²) in [4.78, 5) is 5.13. The Hall–Kier alpha value is -2.24. The molecule has 0 N–H and O–H groups in total. The van der Waals surface area contributed by atoms with Crippen molar-refractivity contribution >= 4 is 5.69 Å². The summed E-state index contributed by atoms with van der Waals surface area (Å²) in [6.45, 7) is 9.71. The minimum absolute atomic E-state index is 0.276. The molecular formula is C26H36N2O3. The Balaban J connectivity index is 1.37. The van der Waals surface area contributed by atoms with Gasteiger partial charge in [0.25, 0.3) is 0 Å². The van der Waals surface area contributed by atoms with Crippen molar-refractivity contribution in [2.75, 3.05) is 51.9 Å². The summed E-state index contributed by atoms with van der Waals surface area (Å²) in [6.07, 6.45) is 3.03. The number of anilines is 1. The van der Waals surface area contributed by atoms with Gasteiger partial charge in [-0.1, -0.05) is 18.2 Å². The fourth-order valence-corrected chi connectivity index (χ4v) is 5.11. The first-order valence-corrected chi connectivity index (χ1v) is 11.5. The van der Waals surface area contributed by atoms with Gasteiger partial charge in [-0.15, -0.1) is 0 Å². The second kappa shape index (κ2) is 9.49. The maximum atomic E-state index is 6.33. The highest BCUT2D eigenvalue weighted by molar-refractivity contribution is 5.50. The summed E-state index contributed by atoms with van der Waals surface area (Å²) in [5, 5.41) is 0. The quantitative estimate of drug-likeness (QED) is 0.655. The molecule has 1 fully saturated rings. The van der Waals surface area contributed by atoms with Gasteiger partial charge in [0, 0.05) is 31.4 Å². The van der Waals surface area contributed by atoms with E-state index in [0.29, 0.717) is 6.04 Å². The van der Waals surface area contributed by atoms with Crippen LogP contribution in [0, 0.1) is 0 Å². The van der Waals surface area contributed by atoms with Gasteiger partial charge in [0.1, 0.15) is 0 Å². The van der Waals surface area contributed by atoms with Gasteiger partial charge in [-0.3, -0.25) is 4.90 Å². The van der Waals surface area contributed by atoms with Crippen molar-refractivity contribution in [1.29, 1.82) is 0 Å². The van der Waals surface area contributed by atoms with Crippen molar-refractivity contribution in [3.8, 4) is 11.5 Å². The number of fused-ring (bicyclic) bond motifs is 1. The Bertz CT molecular complexity index is 872. The molecule has 5 heteroatoms. The summed E-state index contributed by atoms with van der Waals surface area (Å²) in [5.41, 5.74) is 3.62. The molecular weight excluding hydrogens is 388 g/mol. The second-order valence-corrected chi connectivity index (χ2v) is 8.96. The first-order chi connectivity index (χ1) is 15.0. The third kappa shape index (κ3) is 4.68. The van der Waals surface area contributed by atoms with Crippen molar-refractivity contribution in [3.63, 3.8) is 0 Å². The molecule has 2 unspecified atom stereocenters. The van der Waals surface area contributed by atoms with Crippen molar-refractivity contribution < 1.29 is 14.2 Å². The highest BCUT2D eigenvalue weighted by Gasteiger charge is 2.34. The monoisotopic (exact) mass is 424 g/mol. The van der Waals surface area contributed by atoms with Gasteiger partial charge in [0.15, 0.2) is 11.5 Å². The predicted molar refractivity (Wildman–Crippen MR) is 125 cm³/mol. The molecule has 4 rings (SSSR count). The van der Waals surface area contributed by atoms with E-state index in [0.717, 1.165) is 63.5 Å². The average molecular weight is 425 g/mol. The number of rotatable bonds is 7. The van der Waals surface area contributed by atoms with E-state index in [4.69, 9.17) is 14.2 Å². The van der Waals surface area contributed by atoms with Crippen molar-refractivity contribution in [2.45, 2.75) is 44.8 Å². The minimum Gasteiger partial charge on any atom is -0.493 e. The van der Waals surface area contributed by atoms with Gasteiger partial charge in [-0.05, 0) is 75.0 Å². The zero-order valence-corrected chi connectivity index (χ0v) is 19.4. The summed E-state index contributed by atoms with van der Waals surface area (Å²) in [6, 6.07) is 15.6. The Kier molecular flexibility index (Phi) is 6.73. The normalized spacial score (nSPS) is 24.0. The first-order valence-electron chi connectivity index (χ1n) is 11.5. The van der Waals surface area contributed by atoms with Crippen LogP contribution in [0.1, 0.15) is 37.8 Å². The Morgan fingerprint density at radius 1 is 1.06 bits per heavy atom. The smallest absolute Gasteiger partial charge is 0.161 e. The van der Waals surface area contributed by atoms with Crippen LogP contribution < -0.4 is 14.4 Å². The van der Waals surface area contributed by atoms with Crippen LogP contribution in [0.4, 0.5) is 5.69 Å². The molecule has 0 saturated carbocycles. The lowest BCUT2D eigenvalue weighted by Crippen LogP contribution is -2.52. The van der Waals surface area contributed by atoms with Gasteiger partial charge in [-0.2, -0.15) is 0 Å². The van der Waals surface area contributed by atoms with Gasteiger partial charge in [0.05, 0.1) is 26.4 Å². The highest BCUT2D eigenvalue weighted by atomic mass is 16.5. The summed E-state index contributed by atoms with van der Waals surface area (Å²) in [7, 11) is 3.39. The molecule has 2 atom stereocenters. The molecule has 0 aliphatic carbocycles. The van der Waals surface area contributed by atoms with E-state index in [1.165, 1.54) is 16.8 Å². The number of ether oxygens (including phenoxy) is 3. The lowest BCUT2D eigenvalue weighted by molar-refractivity contribution is -0.0552. The van der Waals surface area contributed by atoms with Crippen molar-refractivity contribution in [2.24, 2.45) is 0 Å². The van der Waals surface area contributed by atoms with E-state index < -0.39 is 0 Å². The van der Waals surface area contributed by atoms with E-state index in [1.54, 1.807) is 14.2 Å². The molecule has 2 aromatic carbocycles. The molecule has 31 heavy (non-hydrogen) atoms. The summed E-state index contributed by atoms with van der Waals surface area (Å²) >= 11 is 0. The molecule has 2 heterocycles. The minimum atomic E-state index is -0.276. The van der Waals surface area contributed by atoms with Crippen LogP contribution in [0.2, 0.25) is 0 Å². The van der Waals surface area contributed by atoms with Crippen LogP contribution in [-0.2, 0) is 16.8 Å². The Labute approximate surface area is 186 Å². The molecule has 168 valence electrons. The van der Waals surface area contributed by atoms with Gasteiger partial charge in [-0.25, -0.2) is 0 Å². The number of hydrogen-bond acceptors (Lipinski definition) is 5. The standard InChI is InChI=1S/C26H36N2O3/c1-20-19-28(22-9-6-5-7-10-22)15-14-27(20)13-8-12-26(2)23-18-25(30-4)24(29-3)17-21(23)11-16-31-26/h5-7,9-10,17-18,20H,8,11-16,19H2,1-4H3. The van der Waals surface area contributed by atoms with Crippen LogP contribution >= 0.6 is 0 Å². The molecule has 0 amide bonds. The average Bonchev–Trinajstić information content (AvgIpc) is 2.80. The van der Waals surface area contributed by atoms with Crippen molar-refractivity contribution in [1.82, 2.24) is 4.90 Å². The largest absolute Gasteiger partial charge is 0.493 e. The van der Waals surface area contributed by atoms with Crippen LogP contribution in [0.5, 0.6) is 11.5 Å². The van der Waals surface area contributed by atoms with Gasteiger partial charge >= 0.3 is 0 Å². The third-order valence-corrected chi connectivity index (χ3v) is 6.96. The molecule has 1 saturated heterocycles. The van der Waals surface area contributed by atoms with E-state index in [9.17, 15) is 0 Å². The van der Waals surface area contributed by atoms with Gasteiger partial charge < -0.3 is 19.1 Å². The SMILES string of the molecule is COc1cc2c(cc1OC)C(C)(CCCN1CCN(c3ccccc3)CC1C)OCC2. The lowest BCUT2D eigenvalue weighted by Gasteiger charge is -2.42. The molecule has 0 spiro atoms. The highest BCUT2D eigenvalue weighted by Crippen LogP contribution is 2.42. The van der Waals surface area contributed by atoms with Crippen LogP contribution in [0.25, 0.3) is 0 Å². The molecule has 5 nitrogen and oxygen atoms in total. The van der Waals surface area contributed by atoms with Gasteiger partial charge in [0.2, 0.25) is 0 Å². The number of piperazine rings is 1. The molecule has 2 aromatic rings. The van der Waals surface area contributed by atoms with Crippen LogP contribution in [0.15, 0.2) is 42.5 Å². The number of hydrogen-bond donors (Lipinski definition) is 0. The topological polar surface area (TPSA) is 34.2 Å². The Morgan fingerprint density at radius 2 is 1.81 bits per heavy atom. The molecule has 0 radical (unpaired) electrons. The number of nitrogens with zero attached hydrogens (tertiary/aromatic N) is 2. The number of para-hydroxylation sites is 1. The second-order valence-electron chi connectivity index (χ2n) is 8.96. The van der Waals surface area contributed by atoms with Crippen LogP contribution in [0.3, 0.4) is 0 Å². The van der Waals surface area contributed by atoms with E-state index in [-0.39, 0.29) is 5.60 Å². The van der Waals surface area contributed by atoms with E-state index in [1.807, 2.05) is 0 Å². The maximum absolute atomic E-state index is 6.33. The van der Waals surface area contributed by atoms with E-state index in [2.05, 4.69) is 66.1 Å². The molecule has 0 bridgehead atoms. The zero-order chi connectivity index (χ0) is 21.8. The van der Waals surface area contributed by atoms with Crippen molar-refractivity contribution in [3.05, 3.63) is 53.6 Å². The first kappa shape index (κ1) is 22.0. The number of benzene rings is 2. The van der Waals surface area contributed by atoms with E-state index >= 15 is 0 Å².